The van der Waals surface area contributed by atoms with Gasteiger partial charge in [-0.1, -0.05) is 6.42 Å². The van der Waals surface area contributed by atoms with Gasteiger partial charge in [0, 0.05) is 0 Å². The average Bonchev–Trinajstić information content (AvgIpc) is 2.89. The van der Waals surface area contributed by atoms with Crippen molar-refractivity contribution in [2.75, 3.05) is 0 Å². The number of nitrogens with zero attached hydrogens (tertiary/aromatic N) is 3. The molecule has 100 valence electrons. The zero-order chi connectivity index (χ0) is 13.1. The number of H-pyrrole nitrogens is 1. The molecule has 2 aromatic rings. The molecule has 1 fully saturated rings. The first-order valence-corrected chi connectivity index (χ1v) is 6.36. The Morgan fingerprint density at radius 1 is 1.32 bits per heavy atom. The number of aromatic nitrogens is 4. The largest absolute Gasteiger partial charge is 0.515 e. The summed E-state index contributed by atoms with van der Waals surface area (Å²) in [5.41, 5.74) is 1.13. The van der Waals surface area contributed by atoms with Gasteiger partial charge in [-0.05, 0) is 25.7 Å². The van der Waals surface area contributed by atoms with Crippen LogP contribution in [0.3, 0.4) is 0 Å². The predicted octanol–water partition coefficient (Wildman–Crippen LogP) is 2.20. The number of ether oxygens (including phenoxy) is 2. The summed E-state index contributed by atoms with van der Waals surface area (Å²) in [7, 11) is 0. The van der Waals surface area contributed by atoms with Crippen molar-refractivity contribution in [1.29, 1.82) is 0 Å². The van der Waals surface area contributed by atoms with Crippen molar-refractivity contribution < 1.29 is 14.3 Å². The summed E-state index contributed by atoms with van der Waals surface area (Å²) in [6.07, 6.45) is 7.39. The summed E-state index contributed by atoms with van der Waals surface area (Å²) in [6, 6.07) is 0. The second-order valence-electron chi connectivity index (χ2n) is 4.54. The normalized spacial score (nSPS) is 16.4. The highest BCUT2D eigenvalue weighted by molar-refractivity contribution is 5.80. The minimum atomic E-state index is -0.739. The van der Waals surface area contributed by atoms with E-state index < -0.39 is 6.16 Å². The lowest BCUT2D eigenvalue weighted by atomic mass is 9.98. The van der Waals surface area contributed by atoms with Gasteiger partial charge in [0.05, 0.1) is 18.0 Å². The van der Waals surface area contributed by atoms with Gasteiger partial charge in [0.15, 0.2) is 5.52 Å². The van der Waals surface area contributed by atoms with Crippen LogP contribution in [-0.4, -0.2) is 32.4 Å². The topological polar surface area (TPSA) is 90.0 Å². The second-order valence-corrected chi connectivity index (χ2v) is 4.54. The number of carbonyl (C=O) groups excluding carboxylic acids is 1. The van der Waals surface area contributed by atoms with Crippen molar-refractivity contribution in [2.45, 2.75) is 38.2 Å². The molecule has 2 heterocycles. The molecule has 2 aromatic heterocycles. The maximum atomic E-state index is 11.7. The van der Waals surface area contributed by atoms with Crippen LogP contribution >= 0.6 is 0 Å². The molecule has 0 radical (unpaired) electrons. The van der Waals surface area contributed by atoms with E-state index in [-0.39, 0.29) is 12.0 Å². The molecule has 0 spiro atoms. The van der Waals surface area contributed by atoms with Crippen molar-refractivity contribution in [3.05, 3.63) is 12.5 Å². The number of aromatic amines is 1. The van der Waals surface area contributed by atoms with Crippen molar-refractivity contribution in [3.63, 3.8) is 0 Å². The first-order chi connectivity index (χ1) is 9.33. The summed E-state index contributed by atoms with van der Waals surface area (Å²) in [5.74, 6) is 0.0690. The summed E-state index contributed by atoms with van der Waals surface area (Å²) in [5, 5.41) is 7.49. The Morgan fingerprint density at radius 3 is 3.00 bits per heavy atom. The second kappa shape index (κ2) is 5.21. The smallest absolute Gasteiger partial charge is 0.431 e. The quantitative estimate of drug-likeness (QED) is 0.834. The average molecular weight is 262 g/mol. The van der Waals surface area contributed by atoms with Crippen molar-refractivity contribution in [1.82, 2.24) is 20.2 Å². The standard InChI is InChI=1S/C12H14N4O3/c17-12(18-8-4-2-1-3-5-8)19-11-10-9(6-15-16-11)13-7-14-10/h6-8H,1-5H2,(H,13,14). The zero-order valence-electron chi connectivity index (χ0n) is 10.3. The number of hydrogen-bond donors (Lipinski definition) is 1. The van der Waals surface area contributed by atoms with Gasteiger partial charge in [-0.3, -0.25) is 0 Å². The highest BCUT2D eigenvalue weighted by Gasteiger charge is 2.20. The third-order valence-electron chi connectivity index (χ3n) is 3.20. The predicted molar refractivity (Wildman–Crippen MR) is 65.7 cm³/mol. The van der Waals surface area contributed by atoms with Crippen LogP contribution in [-0.2, 0) is 4.74 Å². The lowest BCUT2D eigenvalue weighted by Crippen LogP contribution is -2.23. The molecule has 7 nitrogen and oxygen atoms in total. The molecule has 0 bridgehead atoms. The van der Waals surface area contributed by atoms with E-state index in [0.717, 1.165) is 25.7 Å². The van der Waals surface area contributed by atoms with Gasteiger partial charge in [-0.25, -0.2) is 9.78 Å². The van der Waals surface area contributed by atoms with Crippen LogP contribution < -0.4 is 4.74 Å². The van der Waals surface area contributed by atoms with Crippen molar-refractivity contribution in [2.24, 2.45) is 0 Å². The molecule has 1 N–H and O–H groups in total. The third-order valence-corrected chi connectivity index (χ3v) is 3.20. The molecule has 0 saturated heterocycles. The Balaban J connectivity index is 1.67. The van der Waals surface area contributed by atoms with Crippen LogP contribution in [0, 0.1) is 0 Å². The van der Waals surface area contributed by atoms with E-state index in [2.05, 4.69) is 20.2 Å². The molecular formula is C12H14N4O3. The van der Waals surface area contributed by atoms with E-state index >= 15 is 0 Å². The Labute approximate surface area is 109 Å². The van der Waals surface area contributed by atoms with Crippen LogP contribution in [0.1, 0.15) is 32.1 Å². The monoisotopic (exact) mass is 262 g/mol. The van der Waals surface area contributed by atoms with E-state index in [1.165, 1.54) is 18.9 Å². The van der Waals surface area contributed by atoms with E-state index in [4.69, 9.17) is 9.47 Å². The molecule has 1 aliphatic carbocycles. The lowest BCUT2D eigenvalue weighted by Gasteiger charge is -2.20. The van der Waals surface area contributed by atoms with Crippen LogP contribution in [0.2, 0.25) is 0 Å². The molecule has 7 heteroatoms. The highest BCUT2D eigenvalue weighted by Crippen LogP contribution is 2.22. The van der Waals surface area contributed by atoms with Gasteiger partial charge < -0.3 is 14.5 Å². The minimum absolute atomic E-state index is 0.0485. The molecule has 3 rings (SSSR count). The molecule has 19 heavy (non-hydrogen) atoms. The van der Waals surface area contributed by atoms with E-state index in [1.807, 2.05) is 0 Å². The summed E-state index contributed by atoms with van der Waals surface area (Å²) in [6.45, 7) is 0. The molecule has 0 amide bonds. The van der Waals surface area contributed by atoms with Gasteiger partial charge in [0.25, 0.3) is 5.88 Å². The number of nitrogens with one attached hydrogen (secondary N) is 1. The molecule has 0 aliphatic heterocycles. The fourth-order valence-electron chi connectivity index (χ4n) is 2.25. The van der Waals surface area contributed by atoms with Gasteiger partial charge in [0.1, 0.15) is 6.10 Å². The van der Waals surface area contributed by atoms with Crippen LogP contribution in [0.5, 0.6) is 5.88 Å². The zero-order valence-corrected chi connectivity index (χ0v) is 10.3. The first-order valence-electron chi connectivity index (χ1n) is 6.36. The number of imidazole rings is 1. The maximum Gasteiger partial charge on any atom is 0.515 e. The molecule has 0 atom stereocenters. The van der Waals surface area contributed by atoms with E-state index in [9.17, 15) is 4.79 Å². The molecule has 0 unspecified atom stereocenters. The molecule has 0 aromatic carbocycles. The Hall–Kier alpha value is -2.18. The Bertz CT molecular complexity index is 577. The van der Waals surface area contributed by atoms with E-state index in [1.54, 1.807) is 0 Å². The summed E-state index contributed by atoms with van der Waals surface area (Å²) >= 11 is 0. The Morgan fingerprint density at radius 2 is 2.16 bits per heavy atom. The van der Waals surface area contributed by atoms with Crippen molar-refractivity contribution in [3.8, 4) is 5.88 Å². The fourth-order valence-corrected chi connectivity index (χ4v) is 2.25. The van der Waals surface area contributed by atoms with Gasteiger partial charge in [-0.15, -0.1) is 5.10 Å². The number of rotatable bonds is 2. The van der Waals surface area contributed by atoms with Crippen LogP contribution in [0.15, 0.2) is 12.5 Å². The number of carbonyl (C=O) groups is 1. The highest BCUT2D eigenvalue weighted by atomic mass is 16.7. The minimum Gasteiger partial charge on any atom is -0.431 e. The summed E-state index contributed by atoms with van der Waals surface area (Å²) < 4.78 is 10.3. The molecule has 1 saturated carbocycles. The van der Waals surface area contributed by atoms with Gasteiger partial charge in [-0.2, -0.15) is 5.10 Å². The first kappa shape index (κ1) is 11.9. The fraction of sp³-hybridized carbons (Fsp3) is 0.500. The van der Waals surface area contributed by atoms with E-state index in [0.29, 0.717) is 11.0 Å². The maximum absolute atomic E-state index is 11.7. The van der Waals surface area contributed by atoms with Crippen LogP contribution in [0.4, 0.5) is 4.79 Å². The van der Waals surface area contributed by atoms with Gasteiger partial charge in [0.2, 0.25) is 0 Å². The molecule has 1 aliphatic rings. The number of fused-ring (bicyclic) bond motifs is 1. The van der Waals surface area contributed by atoms with Crippen LogP contribution in [0.25, 0.3) is 11.0 Å². The van der Waals surface area contributed by atoms with Crippen molar-refractivity contribution >= 4 is 17.2 Å². The number of hydrogen-bond acceptors (Lipinski definition) is 6. The van der Waals surface area contributed by atoms with Gasteiger partial charge >= 0.3 is 6.16 Å². The Kier molecular flexibility index (Phi) is 3.26. The lowest BCUT2D eigenvalue weighted by molar-refractivity contribution is 0.0408. The molecular weight excluding hydrogens is 248 g/mol. The third kappa shape index (κ3) is 2.64. The SMILES string of the molecule is O=C(Oc1nncc2[nH]cnc12)OC1CCCCC1. The summed E-state index contributed by atoms with van der Waals surface area (Å²) in [4.78, 5) is 18.6.